The van der Waals surface area contributed by atoms with Gasteiger partial charge in [0.1, 0.15) is 0 Å². The number of hydrogen-bond acceptors (Lipinski definition) is 3. The second-order valence-electron chi connectivity index (χ2n) is 5.20. The average molecular weight is 241 g/mol. The van der Waals surface area contributed by atoms with Gasteiger partial charge in [-0.3, -0.25) is 4.79 Å². The molecule has 0 radical (unpaired) electrons. The van der Waals surface area contributed by atoms with Gasteiger partial charge in [0.15, 0.2) is 0 Å². The van der Waals surface area contributed by atoms with Gasteiger partial charge in [-0.1, -0.05) is 6.92 Å². The summed E-state index contributed by atoms with van der Waals surface area (Å²) < 4.78 is 5.26. The number of amides is 1. The normalized spacial score (nSPS) is 28.4. The lowest BCUT2D eigenvalue weighted by molar-refractivity contribution is -0.137. The molecule has 0 spiro atoms. The molecule has 2 heterocycles. The van der Waals surface area contributed by atoms with Gasteiger partial charge in [0.2, 0.25) is 5.91 Å². The van der Waals surface area contributed by atoms with Crippen LogP contribution in [0.2, 0.25) is 0 Å². The second-order valence-corrected chi connectivity index (χ2v) is 5.20. The molecular weight excluding hydrogens is 218 g/mol. The Morgan fingerprint density at radius 1 is 1.41 bits per heavy atom. The highest BCUT2D eigenvalue weighted by atomic mass is 16.5. The molecule has 2 rings (SSSR count). The van der Waals surface area contributed by atoms with Crippen LogP contribution in [0.15, 0.2) is 0 Å². The lowest BCUT2D eigenvalue weighted by atomic mass is 9.89. The predicted molar refractivity (Wildman–Crippen MR) is 64.5 cm³/mol. The van der Waals surface area contributed by atoms with Crippen LogP contribution in [-0.2, 0) is 9.53 Å². The van der Waals surface area contributed by atoms with Gasteiger partial charge in [-0.2, -0.15) is 0 Å². The molecule has 98 valence electrons. The molecule has 1 amide bonds. The number of rotatable bonds is 3. The van der Waals surface area contributed by atoms with E-state index in [-0.39, 0.29) is 17.9 Å². The van der Waals surface area contributed by atoms with Crippen molar-refractivity contribution in [1.29, 1.82) is 0 Å². The third-order valence-electron chi connectivity index (χ3n) is 4.09. The molecule has 1 N–H and O–H groups in total. The largest absolute Gasteiger partial charge is 0.393 e. The first kappa shape index (κ1) is 12.8. The van der Waals surface area contributed by atoms with Crippen LogP contribution in [0.4, 0.5) is 0 Å². The number of hydrogen-bond donors (Lipinski definition) is 1. The quantitative estimate of drug-likeness (QED) is 0.803. The fraction of sp³-hybridized carbons (Fsp3) is 0.923. The van der Waals surface area contributed by atoms with Gasteiger partial charge in [-0.15, -0.1) is 0 Å². The van der Waals surface area contributed by atoms with Gasteiger partial charge in [0, 0.05) is 19.7 Å². The fourth-order valence-corrected chi connectivity index (χ4v) is 2.83. The average Bonchev–Trinajstić information content (AvgIpc) is 2.91. The van der Waals surface area contributed by atoms with Crippen molar-refractivity contribution in [2.24, 2.45) is 11.8 Å². The zero-order chi connectivity index (χ0) is 12.3. The number of carbonyl (C=O) groups excluding carboxylic acids is 1. The molecule has 2 aliphatic rings. The molecule has 2 fully saturated rings. The van der Waals surface area contributed by atoms with E-state index in [0.717, 1.165) is 45.4 Å². The Morgan fingerprint density at radius 3 is 2.65 bits per heavy atom. The minimum atomic E-state index is -0.193. The summed E-state index contributed by atoms with van der Waals surface area (Å²) in [7, 11) is 0. The zero-order valence-electron chi connectivity index (χ0n) is 10.6. The number of aliphatic hydroxyl groups excluding tert-OH is 1. The van der Waals surface area contributed by atoms with Gasteiger partial charge in [-0.05, 0) is 31.6 Å². The van der Waals surface area contributed by atoms with Gasteiger partial charge >= 0.3 is 0 Å². The van der Waals surface area contributed by atoms with Crippen molar-refractivity contribution < 1.29 is 14.6 Å². The van der Waals surface area contributed by atoms with Gasteiger partial charge < -0.3 is 14.7 Å². The topological polar surface area (TPSA) is 49.8 Å². The first-order valence-electron chi connectivity index (χ1n) is 6.77. The maximum absolute atomic E-state index is 12.1. The summed E-state index contributed by atoms with van der Waals surface area (Å²) in [5.74, 6) is 0.721. The Bertz CT molecular complexity index is 255. The van der Waals surface area contributed by atoms with Crippen molar-refractivity contribution in [2.75, 3.05) is 26.3 Å². The highest BCUT2D eigenvalue weighted by Gasteiger charge is 2.31. The van der Waals surface area contributed by atoms with E-state index >= 15 is 0 Å². The van der Waals surface area contributed by atoms with Crippen LogP contribution in [0.1, 0.15) is 32.6 Å². The van der Waals surface area contributed by atoms with E-state index in [2.05, 4.69) is 0 Å². The molecule has 0 aromatic heterocycles. The van der Waals surface area contributed by atoms with Crippen LogP contribution < -0.4 is 0 Å². The molecule has 17 heavy (non-hydrogen) atoms. The van der Waals surface area contributed by atoms with Crippen molar-refractivity contribution in [3.05, 3.63) is 0 Å². The Labute approximate surface area is 103 Å². The highest BCUT2D eigenvalue weighted by Crippen LogP contribution is 2.24. The van der Waals surface area contributed by atoms with Gasteiger partial charge in [0.25, 0.3) is 0 Å². The molecule has 2 unspecified atom stereocenters. The smallest absolute Gasteiger partial charge is 0.228 e. The van der Waals surface area contributed by atoms with E-state index in [0.29, 0.717) is 12.5 Å². The summed E-state index contributed by atoms with van der Waals surface area (Å²) in [6.45, 7) is 4.93. The first-order valence-corrected chi connectivity index (χ1v) is 6.77. The van der Waals surface area contributed by atoms with Crippen molar-refractivity contribution in [1.82, 2.24) is 4.90 Å². The SMILES string of the molecule is CCC(O)C1CCN(C(=O)C2CCOC2)CC1. The first-order chi connectivity index (χ1) is 8.22. The molecule has 0 saturated carbocycles. The van der Waals surface area contributed by atoms with Gasteiger partial charge in [-0.25, -0.2) is 0 Å². The monoisotopic (exact) mass is 241 g/mol. The van der Waals surface area contributed by atoms with Crippen LogP contribution in [0.25, 0.3) is 0 Å². The molecule has 4 nitrogen and oxygen atoms in total. The summed E-state index contributed by atoms with van der Waals surface area (Å²) in [6.07, 6.45) is 3.37. The molecule has 2 aliphatic heterocycles. The lowest BCUT2D eigenvalue weighted by Crippen LogP contribution is -2.43. The van der Waals surface area contributed by atoms with E-state index in [1.165, 1.54) is 0 Å². The molecule has 0 aromatic rings. The Kier molecular flexibility index (Phi) is 4.40. The maximum atomic E-state index is 12.1. The molecule has 2 atom stereocenters. The predicted octanol–water partition coefficient (Wildman–Crippen LogP) is 1.03. The summed E-state index contributed by atoms with van der Waals surface area (Å²) in [6, 6.07) is 0. The minimum absolute atomic E-state index is 0.0858. The standard InChI is InChI=1S/C13H23NO3/c1-2-12(15)10-3-6-14(7-4-10)13(16)11-5-8-17-9-11/h10-12,15H,2-9H2,1H3. The third-order valence-corrected chi connectivity index (χ3v) is 4.09. The van der Waals surface area contributed by atoms with Crippen LogP contribution >= 0.6 is 0 Å². The van der Waals surface area contributed by atoms with Crippen LogP contribution in [0, 0.1) is 11.8 Å². The van der Waals surface area contributed by atoms with Crippen molar-refractivity contribution in [3.8, 4) is 0 Å². The fourth-order valence-electron chi connectivity index (χ4n) is 2.83. The van der Waals surface area contributed by atoms with Crippen LogP contribution in [0.3, 0.4) is 0 Å². The van der Waals surface area contributed by atoms with Crippen molar-refractivity contribution in [2.45, 2.75) is 38.7 Å². The van der Waals surface area contributed by atoms with Crippen molar-refractivity contribution in [3.63, 3.8) is 0 Å². The van der Waals surface area contributed by atoms with E-state index in [4.69, 9.17) is 4.74 Å². The molecule has 2 saturated heterocycles. The second kappa shape index (κ2) is 5.83. The number of piperidine rings is 1. The van der Waals surface area contributed by atoms with Crippen LogP contribution in [-0.4, -0.2) is 48.3 Å². The maximum Gasteiger partial charge on any atom is 0.228 e. The molecule has 0 bridgehead atoms. The van der Waals surface area contributed by atoms with Crippen LogP contribution in [0.5, 0.6) is 0 Å². The van der Waals surface area contributed by atoms with Gasteiger partial charge in [0.05, 0.1) is 18.6 Å². The summed E-state index contributed by atoms with van der Waals surface area (Å²) in [5.41, 5.74) is 0. The minimum Gasteiger partial charge on any atom is -0.393 e. The van der Waals surface area contributed by atoms with E-state index in [1.807, 2.05) is 11.8 Å². The Balaban J connectivity index is 1.80. The zero-order valence-corrected chi connectivity index (χ0v) is 10.6. The third kappa shape index (κ3) is 2.99. The molecule has 0 aliphatic carbocycles. The summed E-state index contributed by atoms with van der Waals surface area (Å²) in [4.78, 5) is 14.1. The van der Waals surface area contributed by atoms with Crippen molar-refractivity contribution >= 4 is 5.91 Å². The number of likely N-dealkylation sites (tertiary alicyclic amines) is 1. The number of aliphatic hydroxyl groups is 1. The number of carbonyl (C=O) groups is 1. The Morgan fingerprint density at radius 2 is 2.12 bits per heavy atom. The van der Waals surface area contributed by atoms with E-state index in [9.17, 15) is 9.90 Å². The number of ether oxygens (including phenoxy) is 1. The summed E-state index contributed by atoms with van der Waals surface area (Å²) in [5, 5.41) is 9.80. The number of nitrogens with zero attached hydrogens (tertiary/aromatic N) is 1. The molecular formula is C13H23NO3. The van der Waals surface area contributed by atoms with E-state index < -0.39 is 0 Å². The summed E-state index contributed by atoms with van der Waals surface area (Å²) >= 11 is 0. The van der Waals surface area contributed by atoms with E-state index in [1.54, 1.807) is 0 Å². The highest BCUT2D eigenvalue weighted by molar-refractivity contribution is 5.79. The molecule has 0 aromatic carbocycles. The molecule has 4 heteroatoms. The Hall–Kier alpha value is -0.610. The lowest BCUT2D eigenvalue weighted by Gasteiger charge is -2.35.